The number of nitrogens with zero attached hydrogens (tertiary/aromatic N) is 2. The molecule has 0 saturated heterocycles. The molecular formula is C17H24N4O. The summed E-state index contributed by atoms with van der Waals surface area (Å²) >= 11 is 0. The van der Waals surface area contributed by atoms with Gasteiger partial charge in [0, 0.05) is 5.39 Å². The van der Waals surface area contributed by atoms with Crippen LogP contribution in [0.3, 0.4) is 0 Å². The van der Waals surface area contributed by atoms with Crippen molar-refractivity contribution in [3.63, 3.8) is 0 Å². The molecule has 1 fully saturated rings. The number of aliphatic hydroxyl groups is 1. The second kappa shape index (κ2) is 6.48. The molecule has 2 aromatic rings. The van der Waals surface area contributed by atoms with E-state index in [4.69, 9.17) is 5.73 Å². The maximum Gasteiger partial charge on any atom is 0.222 e. The zero-order valence-corrected chi connectivity index (χ0v) is 13.0. The highest BCUT2D eigenvalue weighted by atomic mass is 16.3. The van der Waals surface area contributed by atoms with E-state index in [1.54, 1.807) is 0 Å². The molecule has 1 aliphatic rings. The highest BCUT2D eigenvalue weighted by Crippen LogP contribution is 2.44. The third kappa shape index (κ3) is 3.14. The second-order valence-electron chi connectivity index (χ2n) is 6.11. The number of rotatable bonds is 7. The van der Waals surface area contributed by atoms with E-state index in [0.717, 1.165) is 36.0 Å². The maximum atomic E-state index is 9.61. The molecule has 0 radical (unpaired) electrons. The molecule has 1 atom stereocenters. The minimum absolute atomic E-state index is 0.00436. The van der Waals surface area contributed by atoms with Crippen LogP contribution < -0.4 is 11.1 Å². The first kappa shape index (κ1) is 15.0. The van der Waals surface area contributed by atoms with Gasteiger partial charge in [-0.1, -0.05) is 31.9 Å². The molecule has 1 saturated carbocycles. The molecule has 0 spiro atoms. The van der Waals surface area contributed by atoms with Crippen LogP contribution >= 0.6 is 0 Å². The van der Waals surface area contributed by atoms with Gasteiger partial charge in [-0.05, 0) is 36.8 Å². The molecule has 1 heterocycles. The Morgan fingerprint density at radius 1 is 1.36 bits per heavy atom. The lowest BCUT2D eigenvalue weighted by atomic mass is 10.0. The predicted octanol–water partition coefficient (Wildman–Crippen LogP) is 3.05. The summed E-state index contributed by atoms with van der Waals surface area (Å²) in [4.78, 5) is 8.78. The Morgan fingerprint density at radius 3 is 2.86 bits per heavy atom. The Morgan fingerprint density at radius 2 is 2.18 bits per heavy atom. The normalized spacial score (nSPS) is 15.9. The van der Waals surface area contributed by atoms with Gasteiger partial charge in [-0.25, -0.2) is 4.98 Å². The summed E-state index contributed by atoms with van der Waals surface area (Å²) in [5.74, 6) is 1.65. The van der Waals surface area contributed by atoms with E-state index in [0.29, 0.717) is 5.92 Å². The lowest BCUT2D eigenvalue weighted by molar-refractivity contribution is 0.267. The van der Waals surface area contributed by atoms with Crippen molar-refractivity contribution >= 4 is 22.7 Å². The minimum atomic E-state index is 0.00436. The SMILES string of the molecule is CCCC[C@H](CO)Nc1nc(N)nc2cccc(C3CC3)c12. The summed E-state index contributed by atoms with van der Waals surface area (Å²) < 4.78 is 0. The van der Waals surface area contributed by atoms with Gasteiger partial charge >= 0.3 is 0 Å². The van der Waals surface area contributed by atoms with E-state index in [1.807, 2.05) is 12.1 Å². The van der Waals surface area contributed by atoms with E-state index >= 15 is 0 Å². The van der Waals surface area contributed by atoms with Crippen molar-refractivity contribution in [2.24, 2.45) is 0 Å². The van der Waals surface area contributed by atoms with Crippen LogP contribution in [0.25, 0.3) is 10.9 Å². The molecule has 4 N–H and O–H groups in total. The van der Waals surface area contributed by atoms with E-state index in [2.05, 4.69) is 28.3 Å². The summed E-state index contributed by atoms with van der Waals surface area (Å²) in [5.41, 5.74) is 8.04. The van der Waals surface area contributed by atoms with Crippen LogP contribution in [0.2, 0.25) is 0 Å². The van der Waals surface area contributed by atoms with Crippen LogP contribution in [0, 0.1) is 0 Å². The standard InChI is InChI=1S/C17H24N4O/c1-2-3-5-12(10-22)19-16-15-13(11-8-9-11)6-4-7-14(15)20-17(18)21-16/h4,6-7,11-12,22H,2-3,5,8-10H2,1H3,(H3,18,19,20,21)/t12-/m1/s1. The summed E-state index contributed by atoms with van der Waals surface area (Å²) in [7, 11) is 0. The number of hydrogen-bond donors (Lipinski definition) is 3. The predicted molar refractivity (Wildman–Crippen MR) is 89.9 cm³/mol. The van der Waals surface area contributed by atoms with Crippen LogP contribution in [-0.2, 0) is 0 Å². The summed E-state index contributed by atoms with van der Waals surface area (Å²) in [6, 6.07) is 6.17. The molecule has 0 amide bonds. The molecule has 0 unspecified atom stereocenters. The number of nitrogens with two attached hydrogens (primary N) is 1. The zero-order chi connectivity index (χ0) is 15.5. The van der Waals surface area contributed by atoms with Crippen molar-refractivity contribution in [3.8, 4) is 0 Å². The molecule has 5 heteroatoms. The van der Waals surface area contributed by atoms with Crippen LogP contribution in [0.5, 0.6) is 0 Å². The average molecular weight is 300 g/mol. The molecule has 5 nitrogen and oxygen atoms in total. The fourth-order valence-electron chi connectivity index (χ4n) is 2.92. The zero-order valence-electron chi connectivity index (χ0n) is 13.0. The Hall–Kier alpha value is -1.88. The third-order valence-electron chi connectivity index (χ3n) is 4.26. The van der Waals surface area contributed by atoms with Crippen LogP contribution in [0.1, 0.15) is 50.5 Å². The van der Waals surface area contributed by atoms with Crippen LogP contribution in [0.15, 0.2) is 18.2 Å². The first-order chi connectivity index (χ1) is 10.7. The number of fused-ring (bicyclic) bond motifs is 1. The molecule has 1 aromatic carbocycles. The number of nitrogen functional groups attached to an aromatic ring is 1. The Labute approximate surface area is 131 Å². The van der Waals surface area contributed by atoms with E-state index in [1.165, 1.54) is 18.4 Å². The Kier molecular flexibility index (Phi) is 4.43. The summed E-state index contributed by atoms with van der Waals surface area (Å²) in [6.45, 7) is 2.24. The minimum Gasteiger partial charge on any atom is -0.394 e. The van der Waals surface area contributed by atoms with Crippen LogP contribution in [-0.4, -0.2) is 27.7 Å². The first-order valence-electron chi connectivity index (χ1n) is 8.16. The molecule has 0 aliphatic heterocycles. The van der Waals surface area contributed by atoms with Gasteiger partial charge in [-0.3, -0.25) is 0 Å². The van der Waals surface area contributed by atoms with Gasteiger partial charge in [0.15, 0.2) is 0 Å². The van der Waals surface area contributed by atoms with Gasteiger partial charge in [-0.15, -0.1) is 0 Å². The van der Waals surface area contributed by atoms with Crippen molar-refractivity contribution in [2.45, 2.75) is 51.0 Å². The number of aromatic nitrogens is 2. The van der Waals surface area contributed by atoms with E-state index in [-0.39, 0.29) is 18.6 Å². The lowest BCUT2D eigenvalue weighted by Crippen LogP contribution is -2.24. The van der Waals surface area contributed by atoms with Gasteiger partial charge < -0.3 is 16.2 Å². The summed E-state index contributed by atoms with van der Waals surface area (Å²) in [5, 5.41) is 14.1. The van der Waals surface area contributed by atoms with Crippen LogP contribution in [0.4, 0.5) is 11.8 Å². The molecule has 118 valence electrons. The second-order valence-corrected chi connectivity index (χ2v) is 6.11. The van der Waals surface area contributed by atoms with Crippen molar-refractivity contribution in [3.05, 3.63) is 23.8 Å². The van der Waals surface area contributed by atoms with Crippen molar-refractivity contribution in [1.29, 1.82) is 0 Å². The monoisotopic (exact) mass is 300 g/mol. The topological polar surface area (TPSA) is 84.1 Å². The number of unbranched alkanes of at least 4 members (excludes halogenated alkanes) is 1. The van der Waals surface area contributed by atoms with Gasteiger partial charge in [0.1, 0.15) is 5.82 Å². The maximum absolute atomic E-state index is 9.61. The number of anilines is 2. The number of nitrogens with one attached hydrogen (secondary N) is 1. The highest BCUT2D eigenvalue weighted by Gasteiger charge is 2.27. The number of aliphatic hydroxyl groups excluding tert-OH is 1. The average Bonchev–Trinajstić information content (AvgIpc) is 3.35. The molecule has 0 bridgehead atoms. The smallest absolute Gasteiger partial charge is 0.222 e. The van der Waals surface area contributed by atoms with Gasteiger partial charge in [0.05, 0.1) is 18.2 Å². The van der Waals surface area contributed by atoms with Crippen molar-refractivity contribution in [2.75, 3.05) is 17.7 Å². The van der Waals surface area contributed by atoms with Crippen molar-refractivity contribution < 1.29 is 5.11 Å². The number of hydrogen-bond acceptors (Lipinski definition) is 5. The van der Waals surface area contributed by atoms with E-state index < -0.39 is 0 Å². The lowest BCUT2D eigenvalue weighted by Gasteiger charge is -2.19. The molecule has 3 rings (SSSR count). The fourth-order valence-corrected chi connectivity index (χ4v) is 2.92. The molecule has 1 aliphatic carbocycles. The first-order valence-corrected chi connectivity index (χ1v) is 8.16. The van der Waals surface area contributed by atoms with Crippen molar-refractivity contribution in [1.82, 2.24) is 9.97 Å². The quantitative estimate of drug-likeness (QED) is 0.732. The van der Waals surface area contributed by atoms with Gasteiger partial charge in [0.2, 0.25) is 5.95 Å². The molecule has 1 aromatic heterocycles. The molecule has 22 heavy (non-hydrogen) atoms. The van der Waals surface area contributed by atoms with E-state index in [9.17, 15) is 5.11 Å². The fraction of sp³-hybridized carbons (Fsp3) is 0.529. The highest BCUT2D eigenvalue weighted by molar-refractivity contribution is 5.93. The number of benzene rings is 1. The Bertz CT molecular complexity index is 654. The van der Waals surface area contributed by atoms with Gasteiger partial charge in [-0.2, -0.15) is 4.98 Å². The largest absolute Gasteiger partial charge is 0.394 e. The molecular weight excluding hydrogens is 276 g/mol. The van der Waals surface area contributed by atoms with Gasteiger partial charge in [0.25, 0.3) is 0 Å². The summed E-state index contributed by atoms with van der Waals surface area (Å²) in [6.07, 6.45) is 5.55. The Balaban J connectivity index is 1.99. The third-order valence-corrected chi connectivity index (χ3v) is 4.26.